The number of hydrogen-bond donors (Lipinski definition) is 1. The van der Waals surface area contributed by atoms with Crippen molar-refractivity contribution < 1.29 is 18.7 Å². The maximum atomic E-state index is 13.1. The Bertz CT molecular complexity index is 721. The van der Waals surface area contributed by atoms with Crippen LogP contribution in [0.4, 0.5) is 4.39 Å². The highest BCUT2D eigenvalue weighted by molar-refractivity contribution is 5.96. The molecule has 2 aromatic carbocycles. The van der Waals surface area contributed by atoms with Crippen LogP contribution in [0.3, 0.4) is 0 Å². The fourth-order valence-corrected chi connectivity index (χ4v) is 2.25. The Morgan fingerprint density at radius 3 is 2.20 bits per heavy atom. The van der Waals surface area contributed by atoms with E-state index in [2.05, 4.69) is 5.32 Å². The number of carbonyl (C=O) groups is 2. The number of hydrogen-bond acceptors (Lipinski definition) is 3. The normalized spacial score (nSPS) is 12.3. The molecule has 2 rings (SSSR count). The summed E-state index contributed by atoms with van der Waals surface area (Å²) in [5, 5.41) is 2.71. The molecule has 2 aromatic rings. The van der Waals surface area contributed by atoms with Gasteiger partial charge in [-0.05, 0) is 50.6 Å². The summed E-state index contributed by atoms with van der Waals surface area (Å²) in [6.45, 7) is 5.29. The summed E-state index contributed by atoms with van der Waals surface area (Å²) in [6.07, 6.45) is 0.216. The van der Waals surface area contributed by atoms with E-state index in [-0.39, 0.29) is 18.1 Å². The first-order valence-corrected chi connectivity index (χ1v) is 8.08. The molecule has 25 heavy (non-hydrogen) atoms. The predicted molar refractivity (Wildman–Crippen MR) is 93.6 cm³/mol. The molecule has 0 bridgehead atoms. The molecule has 0 radical (unpaired) electrons. The molecular formula is C20H22FNO3. The predicted octanol–water partition coefficient (Wildman–Crippen LogP) is 3.51. The SMILES string of the molecule is CC(C)(C)OC(=O)[C@H](Cc1ccc(F)cc1)NC(=O)c1ccccc1. The number of nitrogens with one attached hydrogen (secondary N) is 1. The number of carbonyl (C=O) groups excluding carboxylic acids is 2. The van der Waals surface area contributed by atoms with Crippen LogP contribution in [0.2, 0.25) is 0 Å². The Morgan fingerprint density at radius 1 is 1.04 bits per heavy atom. The van der Waals surface area contributed by atoms with Crippen LogP contribution in [0, 0.1) is 5.82 Å². The Labute approximate surface area is 147 Å². The van der Waals surface area contributed by atoms with Crippen molar-refractivity contribution in [2.75, 3.05) is 0 Å². The standard InChI is InChI=1S/C20H22FNO3/c1-20(2,3)25-19(24)17(13-14-9-11-16(21)12-10-14)22-18(23)15-7-5-4-6-8-15/h4-12,17H,13H2,1-3H3,(H,22,23)/t17-/m0/s1. The van der Waals surface area contributed by atoms with Gasteiger partial charge in [0.25, 0.3) is 5.91 Å². The van der Waals surface area contributed by atoms with Gasteiger partial charge in [-0.15, -0.1) is 0 Å². The maximum absolute atomic E-state index is 13.1. The third kappa shape index (κ3) is 6.03. The van der Waals surface area contributed by atoms with Gasteiger partial charge in [0.1, 0.15) is 17.5 Å². The second kappa shape index (κ2) is 7.92. The van der Waals surface area contributed by atoms with Gasteiger partial charge in [-0.1, -0.05) is 30.3 Å². The number of amides is 1. The Hall–Kier alpha value is -2.69. The van der Waals surface area contributed by atoms with Gasteiger partial charge in [-0.2, -0.15) is 0 Å². The minimum Gasteiger partial charge on any atom is -0.458 e. The van der Waals surface area contributed by atoms with Gasteiger partial charge in [0.2, 0.25) is 0 Å². The lowest BCUT2D eigenvalue weighted by Gasteiger charge is -2.24. The van der Waals surface area contributed by atoms with E-state index >= 15 is 0 Å². The molecule has 1 N–H and O–H groups in total. The van der Waals surface area contributed by atoms with Crippen molar-refractivity contribution in [3.8, 4) is 0 Å². The van der Waals surface area contributed by atoms with Gasteiger partial charge in [0, 0.05) is 12.0 Å². The zero-order valence-corrected chi connectivity index (χ0v) is 14.6. The Morgan fingerprint density at radius 2 is 1.64 bits per heavy atom. The molecule has 0 saturated heterocycles. The highest BCUT2D eigenvalue weighted by Gasteiger charge is 2.27. The molecule has 0 saturated carbocycles. The molecule has 0 heterocycles. The molecule has 0 unspecified atom stereocenters. The molecular weight excluding hydrogens is 321 g/mol. The topological polar surface area (TPSA) is 55.4 Å². The van der Waals surface area contributed by atoms with Crippen LogP contribution in [-0.2, 0) is 16.0 Å². The van der Waals surface area contributed by atoms with Crippen LogP contribution in [0.15, 0.2) is 54.6 Å². The van der Waals surface area contributed by atoms with Gasteiger partial charge >= 0.3 is 5.97 Å². The molecule has 5 heteroatoms. The van der Waals surface area contributed by atoms with Crippen LogP contribution < -0.4 is 5.32 Å². The summed E-state index contributed by atoms with van der Waals surface area (Å²) in [7, 11) is 0. The zero-order chi connectivity index (χ0) is 18.4. The van der Waals surface area contributed by atoms with Crippen LogP contribution in [0.1, 0.15) is 36.7 Å². The Kier molecular flexibility index (Phi) is 5.91. The van der Waals surface area contributed by atoms with Gasteiger partial charge in [0.15, 0.2) is 0 Å². The van der Waals surface area contributed by atoms with Crippen molar-refractivity contribution in [2.24, 2.45) is 0 Å². The van der Waals surface area contributed by atoms with Crippen molar-refractivity contribution in [2.45, 2.75) is 38.8 Å². The van der Waals surface area contributed by atoms with Gasteiger partial charge in [-0.25, -0.2) is 9.18 Å². The van der Waals surface area contributed by atoms with Crippen molar-refractivity contribution >= 4 is 11.9 Å². The number of ether oxygens (including phenoxy) is 1. The highest BCUT2D eigenvalue weighted by atomic mass is 19.1. The molecule has 0 fully saturated rings. The smallest absolute Gasteiger partial charge is 0.329 e. The van der Waals surface area contributed by atoms with E-state index in [1.54, 1.807) is 63.2 Å². The summed E-state index contributed by atoms with van der Waals surface area (Å²) in [6, 6.07) is 13.6. The first kappa shape index (κ1) is 18.6. The van der Waals surface area contributed by atoms with E-state index in [0.717, 1.165) is 5.56 Å². The van der Waals surface area contributed by atoms with Gasteiger partial charge in [-0.3, -0.25) is 4.79 Å². The highest BCUT2D eigenvalue weighted by Crippen LogP contribution is 2.13. The quantitative estimate of drug-likeness (QED) is 0.845. The maximum Gasteiger partial charge on any atom is 0.329 e. The summed E-state index contributed by atoms with van der Waals surface area (Å²) in [4.78, 5) is 24.9. The second-order valence-electron chi connectivity index (χ2n) is 6.76. The van der Waals surface area contributed by atoms with E-state index in [9.17, 15) is 14.0 Å². The molecule has 0 spiro atoms. The molecule has 1 atom stereocenters. The summed E-state index contributed by atoms with van der Waals surface area (Å²) >= 11 is 0. The van der Waals surface area contributed by atoms with Crippen molar-refractivity contribution in [3.05, 3.63) is 71.5 Å². The summed E-state index contributed by atoms with van der Waals surface area (Å²) in [5.41, 5.74) is 0.510. The van der Waals surface area contributed by atoms with Crippen molar-refractivity contribution in [1.29, 1.82) is 0 Å². The number of esters is 1. The zero-order valence-electron chi connectivity index (χ0n) is 14.6. The third-order valence-electron chi connectivity index (χ3n) is 3.39. The van der Waals surface area contributed by atoms with Gasteiger partial charge < -0.3 is 10.1 Å². The summed E-state index contributed by atoms with van der Waals surface area (Å²) in [5.74, 6) is -1.24. The monoisotopic (exact) mass is 343 g/mol. The molecule has 1 amide bonds. The van der Waals surface area contributed by atoms with E-state index < -0.39 is 17.6 Å². The minimum atomic E-state index is -0.864. The fourth-order valence-electron chi connectivity index (χ4n) is 2.25. The van der Waals surface area contributed by atoms with E-state index in [1.807, 2.05) is 0 Å². The molecule has 0 aromatic heterocycles. The van der Waals surface area contributed by atoms with Crippen molar-refractivity contribution in [3.63, 3.8) is 0 Å². The third-order valence-corrected chi connectivity index (χ3v) is 3.39. The van der Waals surface area contributed by atoms with Gasteiger partial charge in [0.05, 0.1) is 0 Å². The molecule has 132 valence electrons. The first-order valence-electron chi connectivity index (χ1n) is 8.08. The molecule has 0 aliphatic carbocycles. The average molecular weight is 343 g/mol. The van der Waals surface area contributed by atoms with Crippen molar-refractivity contribution in [1.82, 2.24) is 5.32 Å². The first-order chi connectivity index (χ1) is 11.7. The van der Waals surface area contributed by atoms with Crippen LogP contribution in [0.25, 0.3) is 0 Å². The van der Waals surface area contributed by atoms with Crippen LogP contribution >= 0.6 is 0 Å². The van der Waals surface area contributed by atoms with E-state index in [0.29, 0.717) is 5.56 Å². The van der Waals surface area contributed by atoms with Crippen LogP contribution in [0.5, 0.6) is 0 Å². The summed E-state index contributed by atoms with van der Waals surface area (Å²) < 4.78 is 18.5. The second-order valence-corrected chi connectivity index (χ2v) is 6.76. The lowest BCUT2D eigenvalue weighted by Crippen LogP contribution is -2.45. The molecule has 0 aliphatic heterocycles. The van der Waals surface area contributed by atoms with Crippen LogP contribution in [-0.4, -0.2) is 23.5 Å². The van der Waals surface area contributed by atoms with E-state index in [4.69, 9.17) is 4.74 Å². The number of rotatable bonds is 5. The lowest BCUT2D eigenvalue weighted by atomic mass is 10.0. The average Bonchev–Trinajstić information content (AvgIpc) is 2.55. The largest absolute Gasteiger partial charge is 0.458 e. The van der Waals surface area contributed by atoms with E-state index in [1.165, 1.54) is 12.1 Å². The fraction of sp³-hybridized carbons (Fsp3) is 0.300. The Balaban J connectivity index is 2.17. The minimum absolute atomic E-state index is 0.216. The molecule has 0 aliphatic rings. The number of halogens is 1. The lowest BCUT2D eigenvalue weighted by molar-refractivity contribution is -0.157. The number of benzene rings is 2. The molecule has 4 nitrogen and oxygen atoms in total.